The molecule has 1 N–H and O–H groups in total. The van der Waals surface area contributed by atoms with Crippen molar-refractivity contribution in [2.45, 2.75) is 19.4 Å². The zero-order chi connectivity index (χ0) is 15.2. The maximum atomic E-state index is 11.9. The largest absolute Gasteiger partial charge is 0.469 e. The maximum absolute atomic E-state index is 11.9. The molecule has 1 amide bonds. The Balaban J connectivity index is 1.56. The van der Waals surface area contributed by atoms with Crippen LogP contribution < -0.4 is 5.32 Å². The first-order chi connectivity index (χ1) is 10.8. The van der Waals surface area contributed by atoms with Crippen LogP contribution in [0.1, 0.15) is 18.0 Å². The van der Waals surface area contributed by atoms with E-state index in [2.05, 4.69) is 15.5 Å². The molecule has 0 aliphatic carbocycles. The van der Waals surface area contributed by atoms with Gasteiger partial charge in [-0.15, -0.1) is 10.2 Å². The van der Waals surface area contributed by atoms with Crippen molar-refractivity contribution >= 4 is 5.91 Å². The second-order valence-corrected chi connectivity index (χ2v) is 4.81. The summed E-state index contributed by atoms with van der Waals surface area (Å²) in [5.74, 6) is 1.46. The smallest absolute Gasteiger partial charge is 0.220 e. The van der Waals surface area contributed by atoms with Crippen LogP contribution in [0.4, 0.5) is 0 Å². The standard InChI is InChI=1S/C16H16N4O2/c21-16(9-8-14-7-4-10-22-14)17-11-15-19-18-12-20(15)13-5-2-1-3-6-13/h1-7,10,12H,8-9,11H2,(H,17,21). The molecule has 6 heteroatoms. The number of hydrogen-bond acceptors (Lipinski definition) is 4. The van der Waals surface area contributed by atoms with Crippen molar-refractivity contribution in [1.82, 2.24) is 20.1 Å². The zero-order valence-corrected chi connectivity index (χ0v) is 12.0. The van der Waals surface area contributed by atoms with Crippen LogP contribution in [0.25, 0.3) is 5.69 Å². The number of benzene rings is 1. The number of hydrogen-bond donors (Lipinski definition) is 1. The van der Waals surface area contributed by atoms with Gasteiger partial charge in [0.2, 0.25) is 5.91 Å². The van der Waals surface area contributed by atoms with Crippen molar-refractivity contribution in [3.05, 3.63) is 66.6 Å². The number of para-hydroxylation sites is 1. The molecule has 112 valence electrons. The van der Waals surface area contributed by atoms with Crippen molar-refractivity contribution in [1.29, 1.82) is 0 Å². The summed E-state index contributed by atoms with van der Waals surface area (Å²) in [5, 5.41) is 10.8. The Hall–Kier alpha value is -2.89. The van der Waals surface area contributed by atoms with E-state index in [9.17, 15) is 4.79 Å². The minimum absolute atomic E-state index is 0.0426. The van der Waals surface area contributed by atoms with Crippen LogP contribution in [-0.4, -0.2) is 20.7 Å². The predicted molar refractivity (Wildman–Crippen MR) is 80.2 cm³/mol. The van der Waals surface area contributed by atoms with E-state index in [-0.39, 0.29) is 5.91 Å². The lowest BCUT2D eigenvalue weighted by Crippen LogP contribution is -2.24. The number of aromatic nitrogens is 3. The summed E-state index contributed by atoms with van der Waals surface area (Å²) in [7, 11) is 0. The van der Waals surface area contributed by atoms with Crippen molar-refractivity contribution < 1.29 is 9.21 Å². The normalized spacial score (nSPS) is 10.5. The summed E-state index contributed by atoms with van der Waals surface area (Å²) in [6.07, 6.45) is 4.21. The predicted octanol–water partition coefficient (Wildman–Crippen LogP) is 2.11. The molecule has 0 atom stereocenters. The number of rotatable bonds is 6. The molecule has 0 radical (unpaired) electrons. The summed E-state index contributed by atoms with van der Waals surface area (Å²) in [5.41, 5.74) is 0.965. The van der Waals surface area contributed by atoms with Gasteiger partial charge in [-0.05, 0) is 24.3 Å². The van der Waals surface area contributed by atoms with Gasteiger partial charge in [0.15, 0.2) is 5.82 Å². The molecule has 2 heterocycles. The molecule has 22 heavy (non-hydrogen) atoms. The van der Waals surface area contributed by atoms with Gasteiger partial charge in [-0.3, -0.25) is 9.36 Å². The monoisotopic (exact) mass is 296 g/mol. The lowest BCUT2D eigenvalue weighted by molar-refractivity contribution is -0.121. The third-order valence-electron chi connectivity index (χ3n) is 3.27. The molecule has 3 aromatic rings. The molecular formula is C16H16N4O2. The summed E-state index contributed by atoms with van der Waals surface area (Å²) in [6, 6.07) is 13.4. The van der Waals surface area contributed by atoms with Crippen LogP contribution in [0.5, 0.6) is 0 Å². The summed E-state index contributed by atoms with van der Waals surface area (Å²) >= 11 is 0. The Morgan fingerprint density at radius 2 is 2.05 bits per heavy atom. The number of nitrogens with zero attached hydrogens (tertiary/aromatic N) is 3. The minimum atomic E-state index is -0.0426. The quantitative estimate of drug-likeness (QED) is 0.756. The Kier molecular flexibility index (Phi) is 4.29. The molecule has 0 unspecified atom stereocenters. The van der Waals surface area contributed by atoms with Crippen LogP contribution in [0.15, 0.2) is 59.5 Å². The van der Waals surface area contributed by atoms with Crippen LogP contribution >= 0.6 is 0 Å². The van der Waals surface area contributed by atoms with Crippen molar-refractivity contribution in [3.63, 3.8) is 0 Å². The van der Waals surface area contributed by atoms with Gasteiger partial charge < -0.3 is 9.73 Å². The molecule has 2 aromatic heterocycles. The molecule has 1 aromatic carbocycles. The van der Waals surface area contributed by atoms with E-state index in [1.165, 1.54) is 0 Å². The van der Waals surface area contributed by atoms with Crippen molar-refractivity contribution in [2.75, 3.05) is 0 Å². The fourth-order valence-electron chi connectivity index (χ4n) is 2.14. The molecule has 0 saturated heterocycles. The Bertz CT molecular complexity index is 720. The number of carbonyl (C=O) groups is 1. The number of furan rings is 1. The number of nitrogens with one attached hydrogen (secondary N) is 1. The fraction of sp³-hybridized carbons (Fsp3) is 0.188. The first-order valence-corrected chi connectivity index (χ1v) is 7.06. The Morgan fingerprint density at radius 3 is 2.82 bits per heavy atom. The Labute approximate surface area is 127 Å². The highest BCUT2D eigenvalue weighted by molar-refractivity contribution is 5.75. The molecule has 0 saturated carbocycles. The number of aryl methyl sites for hydroxylation is 1. The molecule has 6 nitrogen and oxygen atoms in total. The van der Waals surface area contributed by atoms with Crippen LogP contribution in [0.3, 0.4) is 0 Å². The second-order valence-electron chi connectivity index (χ2n) is 4.81. The zero-order valence-electron chi connectivity index (χ0n) is 12.0. The van der Waals surface area contributed by atoms with E-state index in [1.807, 2.05) is 47.0 Å². The van der Waals surface area contributed by atoms with Gasteiger partial charge in [0.1, 0.15) is 12.1 Å². The van der Waals surface area contributed by atoms with Gasteiger partial charge in [0, 0.05) is 18.5 Å². The first-order valence-electron chi connectivity index (χ1n) is 7.06. The molecule has 0 aliphatic rings. The first kappa shape index (κ1) is 14.1. The van der Waals surface area contributed by atoms with Crippen LogP contribution in [0.2, 0.25) is 0 Å². The molecular weight excluding hydrogens is 280 g/mol. The van der Waals surface area contributed by atoms with E-state index >= 15 is 0 Å². The van der Waals surface area contributed by atoms with E-state index in [4.69, 9.17) is 4.42 Å². The van der Waals surface area contributed by atoms with Gasteiger partial charge in [-0.2, -0.15) is 0 Å². The highest BCUT2D eigenvalue weighted by Gasteiger charge is 2.09. The third kappa shape index (κ3) is 3.41. The van der Waals surface area contributed by atoms with Crippen LogP contribution in [0, 0.1) is 0 Å². The SMILES string of the molecule is O=C(CCc1ccco1)NCc1nncn1-c1ccccc1. The van der Waals surface area contributed by atoms with E-state index < -0.39 is 0 Å². The van der Waals surface area contributed by atoms with Crippen molar-refractivity contribution in [2.24, 2.45) is 0 Å². The molecule has 0 aliphatic heterocycles. The fourth-order valence-corrected chi connectivity index (χ4v) is 2.14. The van der Waals surface area contributed by atoms with Crippen LogP contribution in [-0.2, 0) is 17.8 Å². The average molecular weight is 296 g/mol. The molecule has 3 rings (SSSR count). The van der Waals surface area contributed by atoms with Crippen molar-refractivity contribution in [3.8, 4) is 5.69 Å². The van der Waals surface area contributed by atoms with Gasteiger partial charge >= 0.3 is 0 Å². The van der Waals surface area contributed by atoms with E-state index in [1.54, 1.807) is 12.6 Å². The van der Waals surface area contributed by atoms with Gasteiger partial charge in [0.05, 0.1) is 12.8 Å². The highest BCUT2D eigenvalue weighted by atomic mass is 16.3. The Morgan fingerprint density at radius 1 is 1.18 bits per heavy atom. The maximum Gasteiger partial charge on any atom is 0.220 e. The second kappa shape index (κ2) is 6.71. The topological polar surface area (TPSA) is 73.0 Å². The third-order valence-corrected chi connectivity index (χ3v) is 3.27. The lowest BCUT2D eigenvalue weighted by atomic mass is 10.2. The summed E-state index contributed by atoms with van der Waals surface area (Å²) in [6.45, 7) is 0.339. The average Bonchev–Trinajstić information content (AvgIpc) is 3.23. The van der Waals surface area contributed by atoms with E-state index in [0.29, 0.717) is 25.2 Å². The number of amides is 1. The van der Waals surface area contributed by atoms with Gasteiger partial charge in [-0.25, -0.2) is 0 Å². The van der Waals surface area contributed by atoms with Gasteiger partial charge in [-0.1, -0.05) is 18.2 Å². The highest BCUT2D eigenvalue weighted by Crippen LogP contribution is 2.09. The summed E-state index contributed by atoms with van der Waals surface area (Å²) in [4.78, 5) is 11.9. The molecule has 0 fully saturated rings. The molecule has 0 bridgehead atoms. The number of carbonyl (C=O) groups excluding carboxylic acids is 1. The van der Waals surface area contributed by atoms with E-state index in [0.717, 1.165) is 11.4 Å². The molecule has 0 spiro atoms. The van der Waals surface area contributed by atoms with Gasteiger partial charge in [0.25, 0.3) is 0 Å². The minimum Gasteiger partial charge on any atom is -0.469 e. The summed E-state index contributed by atoms with van der Waals surface area (Å²) < 4.78 is 7.06. The lowest BCUT2D eigenvalue weighted by Gasteiger charge is -2.07.